The number of ether oxygens (including phenoxy) is 1. The van der Waals surface area contributed by atoms with Gasteiger partial charge in [-0.25, -0.2) is 0 Å². The molecule has 0 saturated carbocycles. The van der Waals surface area contributed by atoms with E-state index in [0.717, 1.165) is 29.6 Å². The Bertz CT molecular complexity index is 1220. The van der Waals surface area contributed by atoms with Gasteiger partial charge >= 0.3 is 0 Å². The molecule has 148 valence electrons. The molecule has 0 spiro atoms. The molecule has 0 N–H and O–H groups in total. The van der Waals surface area contributed by atoms with Crippen LogP contribution < -0.4 is 10.2 Å². The van der Waals surface area contributed by atoms with Crippen molar-refractivity contribution in [2.45, 2.75) is 33.7 Å². The highest BCUT2D eigenvalue weighted by Crippen LogP contribution is 2.29. The van der Waals surface area contributed by atoms with E-state index in [4.69, 9.17) is 9.26 Å². The average molecular weight is 389 g/mol. The fraction of sp³-hybridized carbons (Fsp3) is 0.261. The van der Waals surface area contributed by atoms with Crippen LogP contribution in [0.25, 0.3) is 33.7 Å². The molecule has 0 unspecified atom stereocenters. The molecule has 2 heterocycles. The fourth-order valence-electron chi connectivity index (χ4n) is 3.46. The second-order valence-electron chi connectivity index (χ2n) is 6.94. The predicted molar refractivity (Wildman–Crippen MR) is 113 cm³/mol. The Labute approximate surface area is 168 Å². The van der Waals surface area contributed by atoms with E-state index in [-0.39, 0.29) is 11.3 Å². The lowest BCUT2D eigenvalue weighted by Crippen LogP contribution is -2.12. The van der Waals surface area contributed by atoms with Crippen molar-refractivity contribution in [1.82, 2.24) is 14.7 Å². The van der Waals surface area contributed by atoms with Gasteiger partial charge in [-0.15, -0.1) is 0 Å². The summed E-state index contributed by atoms with van der Waals surface area (Å²) >= 11 is 0. The van der Waals surface area contributed by atoms with E-state index in [1.165, 1.54) is 0 Å². The number of fused-ring (bicyclic) bond motifs is 1. The van der Waals surface area contributed by atoms with Crippen LogP contribution in [0.3, 0.4) is 0 Å². The predicted octanol–water partition coefficient (Wildman–Crippen LogP) is 4.84. The molecule has 4 aromatic rings. The highest BCUT2D eigenvalue weighted by Gasteiger charge is 2.19. The van der Waals surface area contributed by atoms with Gasteiger partial charge in [-0.05, 0) is 44.5 Å². The van der Waals surface area contributed by atoms with Crippen LogP contribution in [-0.2, 0) is 6.54 Å². The Hall–Kier alpha value is -3.41. The van der Waals surface area contributed by atoms with Crippen molar-refractivity contribution >= 4 is 10.9 Å². The van der Waals surface area contributed by atoms with Gasteiger partial charge in [-0.3, -0.25) is 4.79 Å². The summed E-state index contributed by atoms with van der Waals surface area (Å²) in [6.45, 7) is 7.33. The van der Waals surface area contributed by atoms with Crippen molar-refractivity contribution in [2.75, 3.05) is 6.61 Å². The number of hydrogen-bond acceptors (Lipinski definition) is 5. The van der Waals surface area contributed by atoms with Gasteiger partial charge in [0.1, 0.15) is 11.3 Å². The number of aromatic nitrogens is 3. The minimum Gasteiger partial charge on any atom is -0.493 e. The lowest BCUT2D eigenvalue weighted by Gasteiger charge is -2.11. The minimum atomic E-state index is -0.107. The Morgan fingerprint density at radius 1 is 1.10 bits per heavy atom. The molecule has 29 heavy (non-hydrogen) atoms. The van der Waals surface area contributed by atoms with Crippen molar-refractivity contribution in [2.24, 2.45) is 0 Å². The van der Waals surface area contributed by atoms with Crippen LogP contribution in [-0.4, -0.2) is 21.3 Å². The summed E-state index contributed by atoms with van der Waals surface area (Å²) < 4.78 is 13.2. The maximum Gasteiger partial charge on any atom is 0.263 e. The van der Waals surface area contributed by atoms with Crippen molar-refractivity contribution in [3.8, 4) is 28.6 Å². The van der Waals surface area contributed by atoms with Crippen LogP contribution in [0.1, 0.15) is 25.8 Å². The Morgan fingerprint density at radius 3 is 2.72 bits per heavy atom. The molecule has 6 heteroatoms. The number of pyridine rings is 1. The maximum atomic E-state index is 13.2. The fourth-order valence-corrected chi connectivity index (χ4v) is 3.46. The lowest BCUT2D eigenvalue weighted by molar-refractivity contribution is 0.341. The van der Waals surface area contributed by atoms with E-state index in [0.29, 0.717) is 29.1 Å². The zero-order valence-electron chi connectivity index (χ0n) is 16.8. The smallest absolute Gasteiger partial charge is 0.263 e. The first-order chi connectivity index (χ1) is 14.1. The molecule has 4 rings (SSSR count). The summed E-state index contributed by atoms with van der Waals surface area (Å²) in [6, 6.07) is 13.4. The molecule has 0 amide bonds. The lowest BCUT2D eigenvalue weighted by atomic mass is 10.1. The molecule has 0 aliphatic carbocycles. The molecule has 0 aliphatic heterocycles. The van der Waals surface area contributed by atoms with Crippen molar-refractivity contribution in [1.29, 1.82) is 0 Å². The van der Waals surface area contributed by atoms with Gasteiger partial charge < -0.3 is 13.8 Å². The third kappa shape index (κ3) is 3.53. The molecule has 0 saturated heterocycles. The van der Waals surface area contributed by atoms with Gasteiger partial charge in [0.05, 0.1) is 17.7 Å². The molecule has 2 aromatic carbocycles. The van der Waals surface area contributed by atoms with Crippen molar-refractivity contribution in [3.05, 3.63) is 64.4 Å². The minimum absolute atomic E-state index is 0.107. The SMILES string of the molecule is CCCn1cc(-c2nc(-c3ccccc3OCC)no2)c(=O)c2cc(C)ccc21. The van der Waals surface area contributed by atoms with Gasteiger partial charge in [0.25, 0.3) is 5.89 Å². The molecule has 2 aromatic heterocycles. The van der Waals surface area contributed by atoms with E-state index < -0.39 is 0 Å². The topological polar surface area (TPSA) is 70.2 Å². The summed E-state index contributed by atoms with van der Waals surface area (Å²) in [6.07, 6.45) is 2.76. The van der Waals surface area contributed by atoms with Gasteiger partial charge in [-0.1, -0.05) is 35.8 Å². The zero-order chi connectivity index (χ0) is 20.4. The summed E-state index contributed by atoms with van der Waals surface area (Å²) in [7, 11) is 0. The summed E-state index contributed by atoms with van der Waals surface area (Å²) in [4.78, 5) is 17.7. The van der Waals surface area contributed by atoms with Crippen LogP contribution in [0, 0.1) is 6.92 Å². The summed E-state index contributed by atoms with van der Waals surface area (Å²) in [5, 5.41) is 4.76. The Morgan fingerprint density at radius 2 is 1.93 bits per heavy atom. The standard InChI is InChI=1S/C23H23N3O3/c1-4-12-26-14-18(21(27)17-13-15(3)10-11-19(17)26)23-24-22(25-29-23)16-8-6-7-9-20(16)28-5-2/h6-11,13-14H,4-5,12H2,1-3H3. The third-order valence-electron chi connectivity index (χ3n) is 4.78. The van der Waals surface area contributed by atoms with E-state index in [1.807, 2.05) is 62.5 Å². The summed E-state index contributed by atoms with van der Waals surface area (Å²) in [5.41, 5.74) is 2.97. The maximum absolute atomic E-state index is 13.2. The van der Waals surface area contributed by atoms with Crippen LogP contribution in [0.4, 0.5) is 0 Å². The van der Waals surface area contributed by atoms with E-state index in [2.05, 4.69) is 21.6 Å². The molecular formula is C23H23N3O3. The molecule has 0 bridgehead atoms. The molecule has 0 radical (unpaired) electrons. The second-order valence-corrected chi connectivity index (χ2v) is 6.94. The first kappa shape index (κ1) is 18.9. The number of nitrogens with zero attached hydrogens (tertiary/aromatic N) is 3. The van der Waals surface area contributed by atoms with Crippen molar-refractivity contribution in [3.63, 3.8) is 0 Å². The summed E-state index contributed by atoms with van der Waals surface area (Å²) in [5.74, 6) is 1.29. The van der Waals surface area contributed by atoms with E-state index in [1.54, 1.807) is 0 Å². The average Bonchev–Trinajstić information content (AvgIpc) is 3.21. The number of rotatable bonds is 6. The van der Waals surface area contributed by atoms with Gasteiger partial charge in [0, 0.05) is 18.1 Å². The van der Waals surface area contributed by atoms with Crippen LogP contribution in [0.5, 0.6) is 5.75 Å². The Balaban J connectivity index is 1.86. The quantitative estimate of drug-likeness (QED) is 0.472. The number of benzene rings is 2. The Kier molecular flexibility index (Phi) is 5.16. The number of para-hydroxylation sites is 1. The van der Waals surface area contributed by atoms with Gasteiger partial charge in [-0.2, -0.15) is 4.98 Å². The zero-order valence-corrected chi connectivity index (χ0v) is 16.8. The monoisotopic (exact) mass is 389 g/mol. The number of hydrogen-bond donors (Lipinski definition) is 0. The normalized spacial score (nSPS) is 11.1. The van der Waals surface area contributed by atoms with Gasteiger partial charge in [0.15, 0.2) is 0 Å². The van der Waals surface area contributed by atoms with E-state index in [9.17, 15) is 4.79 Å². The third-order valence-corrected chi connectivity index (χ3v) is 4.78. The molecule has 0 fully saturated rings. The molecule has 0 aliphatic rings. The highest BCUT2D eigenvalue weighted by atomic mass is 16.5. The van der Waals surface area contributed by atoms with Crippen LogP contribution >= 0.6 is 0 Å². The molecule has 0 atom stereocenters. The highest BCUT2D eigenvalue weighted by molar-refractivity contribution is 5.83. The van der Waals surface area contributed by atoms with Crippen LogP contribution in [0.15, 0.2) is 58.0 Å². The first-order valence-corrected chi connectivity index (χ1v) is 9.82. The van der Waals surface area contributed by atoms with E-state index >= 15 is 0 Å². The molecule has 6 nitrogen and oxygen atoms in total. The van der Waals surface area contributed by atoms with Crippen LogP contribution in [0.2, 0.25) is 0 Å². The first-order valence-electron chi connectivity index (χ1n) is 9.82. The second kappa shape index (κ2) is 7.91. The van der Waals surface area contributed by atoms with Gasteiger partial charge in [0.2, 0.25) is 11.3 Å². The number of aryl methyl sites for hydroxylation is 2. The largest absolute Gasteiger partial charge is 0.493 e. The van der Waals surface area contributed by atoms with Crippen molar-refractivity contribution < 1.29 is 9.26 Å². The molecular weight excluding hydrogens is 366 g/mol.